The Kier molecular flexibility index (Phi) is 5.56. The van der Waals surface area contributed by atoms with Crippen LogP contribution >= 0.6 is 0 Å². The van der Waals surface area contributed by atoms with Crippen LogP contribution in [0, 0.1) is 5.92 Å². The minimum Gasteiger partial charge on any atom is -0.357 e. The van der Waals surface area contributed by atoms with E-state index in [1.807, 2.05) is 12.1 Å². The Morgan fingerprint density at radius 1 is 1.38 bits per heavy atom. The van der Waals surface area contributed by atoms with Crippen molar-refractivity contribution < 1.29 is 4.79 Å². The van der Waals surface area contributed by atoms with Crippen molar-refractivity contribution in [1.82, 2.24) is 4.98 Å². The lowest BCUT2D eigenvalue weighted by Gasteiger charge is -2.25. The first-order chi connectivity index (χ1) is 10.1. The van der Waals surface area contributed by atoms with E-state index in [1.54, 1.807) is 6.20 Å². The monoisotopic (exact) mass is 290 g/mol. The van der Waals surface area contributed by atoms with Crippen LogP contribution in [0.5, 0.6) is 0 Å². The van der Waals surface area contributed by atoms with Crippen LogP contribution in [0.3, 0.4) is 0 Å². The van der Waals surface area contributed by atoms with Crippen molar-refractivity contribution in [2.75, 3.05) is 23.3 Å². The molecule has 21 heavy (non-hydrogen) atoms. The summed E-state index contributed by atoms with van der Waals surface area (Å²) < 4.78 is 0. The second-order valence-electron chi connectivity index (χ2n) is 5.69. The summed E-state index contributed by atoms with van der Waals surface area (Å²) >= 11 is 0. The summed E-state index contributed by atoms with van der Waals surface area (Å²) in [4.78, 5) is 18.8. The lowest BCUT2D eigenvalue weighted by atomic mass is 9.85. The van der Waals surface area contributed by atoms with Crippen molar-refractivity contribution in [3.63, 3.8) is 0 Å². The molecular formula is C16H26N4O. The molecule has 5 nitrogen and oxygen atoms in total. The van der Waals surface area contributed by atoms with Crippen molar-refractivity contribution in [2.24, 2.45) is 11.7 Å². The fourth-order valence-electron chi connectivity index (χ4n) is 2.90. The van der Waals surface area contributed by atoms with E-state index >= 15 is 0 Å². The van der Waals surface area contributed by atoms with Crippen molar-refractivity contribution in [3.05, 3.63) is 18.3 Å². The Hall–Kier alpha value is -1.62. The first-order valence-corrected chi connectivity index (χ1v) is 7.91. The SMILES string of the molecule is CCN(CC)c1ccc(NC(=O)C2CCCC(N)C2)cn1. The van der Waals surface area contributed by atoms with Crippen LogP contribution in [0.25, 0.3) is 0 Å². The van der Waals surface area contributed by atoms with E-state index in [-0.39, 0.29) is 17.9 Å². The molecule has 1 saturated carbocycles. The standard InChI is InChI=1S/C16H26N4O/c1-3-20(4-2)15-9-8-14(11-18-15)19-16(21)12-6-5-7-13(17)10-12/h8-9,11-13H,3-7,10,17H2,1-2H3,(H,19,21). The maximum atomic E-state index is 12.2. The zero-order valence-corrected chi connectivity index (χ0v) is 13.0. The smallest absolute Gasteiger partial charge is 0.227 e. The van der Waals surface area contributed by atoms with Gasteiger partial charge in [-0.1, -0.05) is 6.42 Å². The number of rotatable bonds is 5. The third-order valence-corrected chi connectivity index (χ3v) is 4.19. The van der Waals surface area contributed by atoms with Crippen LogP contribution in [0.1, 0.15) is 39.5 Å². The van der Waals surface area contributed by atoms with Crippen LogP contribution < -0.4 is 16.0 Å². The average Bonchev–Trinajstić information content (AvgIpc) is 2.50. The summed E-state index contributed by atoms with van der Waals surface area (Å²) in [6.07, 6.45) is 5.53. The highest BCUT2D eigenvalue weighted by molar-refractivity contribution is 5.92. The van der Waals surface area contributed by atoms with E-state index in [9.17, 15) is 4.79 Å². The molecule has 5 heteroatoms. The van der Waals surface area contributed by atoms with Gasteiger partial charge in [-0.3, -0.25) is 4.79 Å². The Morgan fingerprint density at radius 3 is 2.71 bits per heavy atom. The van der Waals surface area contributed by atoms with Crippen LogP contribution in [-0.2, 0) is 4.79 Å². The van der Waals surface area contributed by atoms with Gasteiger partial charge in [0.2, 0.25) is 5.91 Å². The van der Waals surface area contributed by atoms with Gasteiger partial charge in [0.05, 0.1) is 11.9 Å². The molecule has 1 heterocycles. The molecule has 0 radical (unpaired) electrons. The number of anilines is 2. The van der Waals surface area contributed by atoms with Gasteiger partial charge >= 0.3 is 0 Å². The fourth-order valence-corrected chi connectivity index (χ4v) is 2.90. The molecule has 2 unspecified atom stereocenters. The van der Waals surface area contributed by atoms with E-state index in [2.05, 4.69) is 29.0 Å². The molecule has 0 aliphatic heterocycles. The third kappa shape index (κ3) is 4.17. The molecule has 1 fully saturated rings. The molecule has 1 amide bonds. The van der Waals surface area contributed by atoms with Crippen molar-refractivity contribution in [2.45, 2.75) is 45.6 Å². The molecule has 0 saturated heterocycles. The number of nitrogens with two attached hydrogens (primary N) is 1. The molecule has 1 aliphatic carbocycles. The van der Waals surface area contributed by atoms with E-state index in [4.69, 9.17) is 5.73 Å². The van der Waals surface area contributed by atoms with Gasteiger partial charge in [-0.25, -0.2) is 4.98 Å². The van der Waals surface area contributed by atoms with Gasteiger partial charge in [0.25, 0.3) is 0 Å². The molecule has 2 atom stereocenters. The predicted octanol–water partition coefficient (Wildman–Crippen LogP) is 2.38. The number of pyridine rings is 1. The highest BCUT2D eigenvalue weighted by Gasteiger charge is 2.25. The topological polar surface area (TPSA) is 71.2 Å². The number of nitrogens with zero attached hydrogens (tertiary/aromatic N) is 2. The van der Waals surface area contributed by atoms with Crippen molar-refractivity contribution in [3.8, 4) is 0 Å². The maximum Gasteiger partial charge on any atom is 0.227 e. The zero-order chi connectivity index (χ0) is 15.2. The van der Waals surface area contributed by atoms with E-state index in [0.29, 0.717) is 0 Å². The Bertz CT molecular complexity index is 456. The lowest BCUT2D eigenvalue weighted by Crippen LogP contribution is -2.34. The quantitative estimate of drug-likeness (QED) is 0.873. The summed E-state index contributed by atoms with van der Waals surface area (Å²) in [6.45, 7) is 6.06. The van der Waals surface area contributed by atoms with Crippen molar-refractivity contribution in [1.29, 1.82) is 0 Å². The second-order valence-corrected chi connectivity index (χ2v) is 5.69. The Labute approximate surface area is 126 Å². The van der Waals surface area contributed by atoms with Gasteiger partial charge in [0.15, 0.2) is 0 Å². The summed E-state index contributed by atoms with van der Waals surface area (Å²) in [6, 6.07) is 4.04. The molecule has 3 N–H and O–H groups in total. The number of carbonyl (C=O) groups excluding carboxylic acids is 1. The Balaban J connectivity index is 1.95. The highest BCUT2D eigenvalue weighted by atomic mass is 16.1. The number of hydrogen-bond donors (Lipinski definition) is 2. The number of amides is 1. The van der Waals surface area contributed by atoms with Gasteiger partial charge in [0.1, 0.15) is 5.82 Å². The van der Waals surface area contributed by atoms with Crippen LogP contribution in [0.2, 0.25) is 0 Å². The molecule has 0 bridgehead atoms. The van der Waals surface area contributed by atoms with Gasteiger partial charge in [0, 0.05) is 25.0 Å². The van der Waals surface area contributed by atoms with E-state index in [0.717, 1.165) is 50.3 Å². The van der Waals surface area contributed by atoms with Crippen molar-refractivity contribution >= 4 is 17.4 Å². The first-order valence-electron chi connectivity index (χ1n) is 7.91. The largest absolute Gasteiger partial charge is 0.357 e. The van der Waals surface area contributed by atoms with Crippen LogP contribution in [-0.4, -0.2) is 30.0 Å². The molecule has 2 rings (SSSR count). The molecule has 1 aromatic rings. The van der Waals surface area contributed by atoms with Gasteiger partial charge in [-0.15, -0.1) is 0 Å². The summed E-state index contributed by atoms with van der Waals surface area (Å²) in [5.74, 6) is 1.05. The summed E-state index contributed by atoms with van der Waals surface area (Å²) in [7, 11) is 0. The highest BCUT2D eigenvalue weighted by Crippen LogP contribution is 2.24. The number of aromatic nitrogens is 1. The van der Waals surface area contributed by atoms with Crippen LogP contribution in [0.4, 0.5) is 11.5 Å². The van der Waals surface area contributed by atoms with E-state index in [1.165, 1.54) is 0 Å². The molecule has 1 aromatic heterocycles. The number of hydrogen-bond acceptors (Lipinski definition) is 4. The summed E-state index contributed by atoms with van der Waals surface area (Å²) in [5.41, 5.74) is 6.70. The Morgan fingerprint density at radius 2 is 2.14 bits per heavy atom. The predicted molar refractivity (Wildman–Crippen MR) is 86.4 cm³/mol. The second kappa shape index (κ2) is 7.41. The van der Waals surface area contributed by atoms with E-state index < -0.39 is 0 Å². The summed E-state index contributed by atoms with van der Waals surface area (Å²) in [5, 5.41) is 2.96. The number of nitrogens with one attached hydrogen (secondary N) is 1. The third-order valence-electron chi connectivity index (χ3n) is 4.19. The van der Waals surface area contributed by atoms with Gasteiger partial charge in [-0.05, 0) is 45.2 Å². The zero-order valence-electron chi connectivity index (χ0n) is 13.0. The maximum absolute atomic E-state index is 12.2. The minimum atomic E-state index is 0.0382. The normalized spacial score (nSPS) is 21.9. The number of carbonyl (C=O) groups is 1. The van der Waals surface area contributed by atoms with Gasteiger partial charge in [-0.2, -0.15) is 0 Å². The lowest BCUT2D eigenvalue weighted by molar-refractivity contribution is -0.120. The molecule has 0 aromatic carbocycles. The molecule has 116 valence electrons. The molecule has 0 spiro atoms. The minimum absolute atomic E-state index is 0.0382. The first kappa shape index (κ1) is 15.8. The van der Waals surface area contributed by atoms with Gasteiger partial charge < -0.3 is 16.0 Å². The molecular weight excluding hydrogens is 264 g/mol. The average molecular weight is 290 g/mol. The molecule has 1 aliphatic rings. The fraction of sp³-hybridized carbons (Fsp3) is 0.625. The van der Waals surface area contributed by atoms with Crippen LogP contribution in [0.15, 0.2) is 18.3 Å².